The molecule has 116 valence electrons. The molecule has 0 aliphatic carbocycles. The van der Waals surface area contributed by atoms with Gasteiger partial charge in [-0.1, -0.05) is 50.5 Å². The second-order valence-electron chi connectivity index (χ2n) is 5.72. The first-order chi connectivity index (χ1) is 10.8. The molecule has 0 fully saturated rings. The van der Waals surface area contributed by atoms with E-state index < -0.39 is 0 Å². The van der Waals surface area contributed by atoms with Gasteiger partial charge in [-0.25, -0.2) is 0 Å². The molecule has 0 spiro atoms. The third-order valence-electron chi connectivity index (χ3n) is 3.89. The summed E-state index contributed by atoms with van der Waals surface area (Å²) in [5.41, 5.74) is 4.44. The molecule has 2 aromatic carbocycles. The van der Waals surface area contributed by atoms with Gasteiger partial charge in [0, 0.05) is 17.8 Å². The lowest BCUT2D eigenvalue weighted by Crippen LogP contribution is -1.99. The summed E-state index contributed by atoms with van der Waals surface area (Å²) in [6, 6.07) is 16.4. The van der Waals surface area contributed by atoms with Crippen molar-refractivity contribution in [3.05, 3.63) is 65.2 Å². The second kappa shape index (κ2) is 9.04. The number of aryl methyl sites for hydroxylation is 1. The van der Waals surface area contributed by atoms with Crippen LogP contribution in [0.25, 0.3) is 0 Å². The predicted octanol–water partition coefficient (Wildman–Crippen LogP) is 5.23. The molecule has 0 aromatic heterocycles. The molecule has 0 amide bonds. The third kappa shape index (κ3) is 5.36. The van der Waals surface area contributed by atoms with Crippen molar-refractivity contribution in [3.63, 3.8) is 0 Å². The molecule has 0 saturated carbocycles. The molecule has 0 aliphatic heterocycles. The average molecular weight is 295 g/mol. The van der Waals surface area contributed by atoms with Crippen LogP contribution in [0.3, 0.4) is 0 Å². The van der Waals surface area contributed by atoms with E-state index in [1.807, 2.05) is 24.3 Å². The molecule has 2 rings (SSSR count). The first kappa shape index (κ1) is 16.3. The van der Waals surface area contributed by atoms with Crippen LogP contribution in [0.15, 0.2) is 48.5 Å². The zero-order valence-electron chi connectivity index (χ0n) is 13.3. The lowest BCUT2D eigenvalue weighted by Gasteiger charge is -2.08. The Morgan fingerprint density at radius 3 is 2.18 bits per heavy atom. The molecular formula is C20H25NO. The molecule has 2 nitrogen and oxygen atoms in total. The lowest BCUT2D eigenvalue weighted by molar-refractivity contribution is 0.112. The Morgan fingerprint density at radius 1 is 0.864 bits per heavy atom. The Bertz CT molecular complexity index is 557. The Labute approximate surface area is 133 Å². The molecule has 0 atom stereocenters. The van der Waals surface area contributed by atoms with E-state index in [9.17, 15) is 4.79 Å². The summed E-state index contributed by atoms with van der Waals surface area (Å²) in [6.07, 6.45) is 7.29. The summed E-state index contributed by atoms with van der Waals surface area (Å²) >= 11 is 0. The molecule has 2 heteroatoms. The first-order valence-electron chi connectivity index (χ1n) is 8.18. The van der Waals surface area contributed by atoms with Crippen LogP contribution in [0.5, 0.6) is 0 Å². The minimum atomic E-state index is 0.706. The molecule has 22 heavy (non-hydrogen) atoms. The zero-order chi connectivity index (χ0) is 15.6. The Kier molecular flexibility index (Phi) is 6.69. The number of nitrogens with one attached hydrogen (secondary N) is 1. The smallest absolute Gasteiger partial charge is 0.150 e. The third-order valence-corrected chi connectivity index (χ3v) is 3.89. The van der Waals surface area contributed by atoms with Gasteiger partial charge in [-0.3, -0.25) is 4.79 Å². The summed E-state index contributed by atoms with van der Waals surface area (Å²) in [4.78, 5) is 10.6. The van der Waals surface area contributed by atoms with Crippen LogP contribution in [0.1, 0.15) is 54.1 Å². The number of unbranched alkanes of at least 4 members (excludes halogenated alkanes) is 3. The standard InChI is InChI=1S/C20H25NO/c1-2-3-4-5-6-17-7-9-18(10-8-17)15-21-20-13-11-19(16-22)12-14-20/h7-14,16,21H,2-6,15H2,1H3. The number of aldehydes is 1. The summed E-state index contributed by atoms with van der Waals surface area (Å²) in [6.45, 7) is 3.05. The van der Waals surface area contributed by atoms with Crippen LogP contribution in [0.2, 0.25) is 0 Å². The maximum absolute atomic E-state index is 10.6. The number of hydrogen-bond donors (Lipinski definition) is 1. The van der Waals surface area contributed by atoms with Gasteiger partial charge in [0.2, 0.25) is 0 Å². The van der Waals surface area contributed by atoms with Gasteiger partial charge < -0.3 is 5.32 Å². The molecule has 2 aromatic rings. The fraction of sp³-hybridized carbons (Fsp3) is 0.350. The zero-order valence-corrected chi connectivity index (χ0v) is 13.3. The summed E-state index contributed by atoms with van der Waals surface area (Å²) in [5.74, 6) is 0. The maximum atomic E-state index is 10.6. The lowest BCUT2D eigenvalue weighted by atomic mass is 10.0. The van der Waals surface area contributed by atoms with Gasteiger partial charge in [0.15, 0.2) is 0 Å². The Hall–Kier alpha value is -2.09. The second-order valence-corrected chi connectivity index (χ2v) is 5.72. The highest BCUT2D eigenvalue weighted by Gasteiger charge is 1.97. The number of benzene rings is 2. The van der Waals surface area contributed by atoms with Crippen molar-refractivity contribution in [1.82, 2.24) is 0 Å². The monoisotopic (exact) mass is 295 g/mol. The topological polar surface area (TPSA) is 29.1 Å². The predicted molar refractivity (Wildman–Crippen MR) is 93.4 cm³/mol. The largest absolute Gasteiger partial charge is 0.381 e. The normalized spacial score (nSPS) is 10.4. The average Bonchev–Trinajstić information content (AvgIpc) is 2.58. The minimum Gasteiger partial charge on any atom is -0.381 e. The van der Waals surface area contributed by atoms with Crippen LogP contribution in [-0.4, -0.2) is 6.29 Å². The van der Waals surface area contributed by atoms with E-state index in [1.54, 1.807) is 0 Å². The molecule has 0 heterocycles. The van der Waals surface area contributed by atoms with Crippen molar-refractivity contribution in [2.24, 2.45) is 0 Å². The molecule has 0 radical (unpaired) electrons. The van der Waals surface area contributed by atoms with Crippen LogP contribution >= 0.6 is 0 Å². The van der Waals surface area contributed by atoms with E-state index in [1.165, 1.54) is 43.2 Å². The molecule has 0 bridgehead atoms. The molecule has 0 aliphatic rings. The highest BCUT2D eigenvalue weighted by Crippen LogP contribution is 2.13. The molecule has 1 N–H and O–H groups in total. The van der Waals surface area contributed by atoms with E-state index in [-0.39, 0.29) is 0 Å². The Morgan fingerprint density at radius 2 is 1.55 bits per heavy atom. The van der Waals surface area contributed by atoms with Crippen molar-refractivity contribution < 1.29 is 4.79 Å². The van der Waals surface area contributed by atoms with Gasteiger partial charge in [-0.15, -0.1) is 0 Å². The molecule has 0 saturated heterocycles. The quantitative estimate of drug-likeness (QED) is 0.506. The van der Waals surface area contributed by atoms with E-state index in [4.69, 9.17) is 0 Å². The highest BCUT2D eigenvalue weighted by molar-refractivity contribution is 5.75. The van der Waals surface area contributed by atoms with Crippen molar-refractivity contribution >= 4 is 12.0 Å². The summed E-state index contributed by atoms with van der Waals surface area (Å²) in [7, 11) is 0. The van der Waals surface area contributed by atoms with Crippen molar-refractivity contribution in [2.75, 3.05) is 5.32 Å². The van der Waals surface area contributed by atoms with E-state index >= 15 is 0 Å². The molecular weight excluding hydrogens is 270 g/mol. The summed E-state index contributed by atoms with van der Waals surface area (Å²) in [5, 5.41) is 3.38. The minimum absolute atomic E-state index is 0.706. The van der Waals surface area contributed by atoms with Crippen molar-refractivity contribution in [3.8, 4) is 0 Å². The van der Waals surface area contributed by atoms with E-state index in [0.29, 0.717) is 5.56 Å². The number of rotatable bonds is 9. The van der Waals surface area contributed by atoms with Crippen molar-refractivity contribution in [2.45, 2.75) is 45.6 Å². The van der Waals surface area contributed by atoms with Gasteiger partial charge in [-0.05, 0) is 48.2 Å². The molecule has 0 unspecified atom stereocenters. The van der Waals surface area contributed by atoms with Crippen LogP contribution in [-0.2, 0) is 13.0 Å². The fourth-order valence-electron chi connectivity index (χ4n) is 2.46. The van der Waals surface area contributed by atoms with Gasteiger partial charge in [0.05, 0.1) is 0 Å². The number of carbonyl (C=O) groups is 1. The SMILES string of the molecule is CCCCCCc1ccc(CNc2ccc(C=O)cc2)cc1. The van der Waals surface area contributed by atoms with E-state index in [2.05, 4.69) is 36.5 Å². The fourth-order valence-corrected chi connectivity index (χ4v) is 2.46. The van der Waals surface area contributed by atoms with E-state index in [0.717, 1.165) is 18.5 Å². The number of anilines is 1. The van der Waals surface area contributed by atoms with Gasteiger partial charge >= 0.3 is 0 Å². The Balaban J connectivity index is 1.79. The first-order valence-corrected chi connectivity index (χ1v) is 8.18. The summed E-state index contributed by atoms with van der Waals surface area (Å²) < 4.78 is 0. The number of hydrogen-bond acceptors (Lipinski definition) is 2. The van der Waals surface area contributed by atoms with Crippen LogP contribution in [0.4, 0.5) is 5.69 Å². The van der Waals surface area contributed by atoms with Crippen LogP contribution < -0.4 is 5.32 Å². The van der Waals surface area contributed by atoms with Gasteiger partial charge in [0.1, 0.15) is 6.29 Å². The van der Waals surface area contributed by atoms with Gasteiger partial charge in [0.25, 0.3) is 0 Å². The highest BCUT2D eigenvalue weighted by atomic mass is 16.1. The van der Waals surface area contributed by atoms with Gasteiger partial charge in [-0.2, -0.15) is 0 Å². The van der Waals surface area contributed by atoms with Crippen molar-refractivity contribution in [1.29, 1.82) is 0 Å². The van der Waals surface area contributed by atoms with Crippen LogP contribution in [0, 0.1) is 0 Å². The number of carbonyl (C=O) groups excluding carboxylic acids is 1. The maximum Gasteiger partial charge on any atom is 0.150 e.